The molecule has 90 heavy (non-hydrogen) atoms. The third-order valence-electron chi connectivity index (χ3n) is 28.1. The van der Waals surface area contributed by atoms with E-state index in [1.165, 1.54) is 72.4 Å². The van der Waals surface area contributed by atoms with Crippen molar-refractivity contribution >= 4 is 22.7 Å². The topological polar surface area (TPSA) is 113 Å². The van der Waals surface area contributed by atoms with E-state index in [0.717, 1.165) is 63.4 Å². The van der Waals surface area contributed by atoms with Gasteiger partial charge in [-0.3, -0.25) is 4.79 Å². The Morgan fingerprint density at radius 1 is 0.711 bits per heavy atom. The molecular weight excluding hydrogens is 1110 g/mol. The number of aliphatic hydroxyl groups is 3. The maximum Gasteiger partial charge on any atom is 0.331 e. The second-order valence-corrected chi connectivity index (χ2v) is 32.1. The van der Waals surface area contributed by atoms with E-state index >= 15 is 15.0 Å². The lowest BCUT2D eigenvalue weighted by Gasteiger charge is -2.76. The van der Waals surface area contributed by atoms with E-state index < -0.39 is 57.4 Å². The van der Waals surface area contributed by atoms with Crippen LogP contribution in [0.15, 0.2) is 145 Å². The van der Waals surface area contributed by atoms with Crippen molar-refractivity contribution in [2.75, 3.05) is 6.61 Å². The summed E-state index contributed by atoms with van der Waals surface area (Å²) in [5, 5.41) is 47.3. The SMILES string of the molecule is CC(CCCc1ccccc1)CC1C#CC2CCC(Cc3ccccc3)CC2C(=O)OC2CC3(C)C=CC1(O)C1(C(O)CCC(C)(C4CCC56CCC7CC8(c9ccccc9)CCCCC8c8ccc9cccc(c9c8C75)C6C4)C21)C3(O)CCC1=CC(=O)OC1. The Bertz CT molecular complexity index is 3710. The first-order valence-corrected chi connectivity index (χ1v) is 35.7. The minimum atomic E-state index is -1.86. The van der Waals surface area contributed by atoms with Gasteiger partial charge in [0.15, 0.2) is 0 Å². The molecular formula is C83H96O7. The second-order valence-electron chi connectivity index (χ2n) is 32.1. The summed E-state index contributed by atoms with van der Waals surface area (Å²) in [7, 11) is 0. The number of cyclic esters (lactones) is 1. The number of ether oxygens (including phenoxy) is 2. The summed E-state index contributed by atoms with van der Waals surface area (Å²) < 4.78 is 13.1. The van der Waals surface area contributed by atoms with Crippen LogP contribution in [0.2, 0.25) is 0 Å². The summed E-state index contributed by atoms with van der Waals surface area (Å²) in [4.78, 5) is 28.9. The molecule has 20 unspecified atom stereocenters. The monoisotopic (exact) mass is 1200 g/mol. The molecule has 0 radical (unpaired) electrons. The fourth-order valence-electron chi connectivity index (χ4n) is 24.3. The van der Waals surface area contributed by atoms with E-state index in [0.29, 0.717) is 56.3 Å². The molecule has 0 amide bonds. The zero-order chi connectivity index (χ0) is 61.4. The van der Waals surface area contributed by atoms with Crippen molar-refractivity contribution in [2.45, 2.75) is 215 Å². The van der Waals surface area contributed by atoms with Crippen molar-refractivity contribution in [3.8, 4) is 11.8 Å². The van der Waals surface area contributed by atoms with Crippen LogP contribution in [0.3, 0.4) is 0 Å². The average molecular weight is 1210 g/mol. The van der Waals surface area contributed by atoms with Gasteiger partial charge in [0, 0.05) is 28.7 Å². The van der Waals surface area contributed by atoms with Crippen LogP contribution in [0.25, 0.3) is 10.8 Å². The summed E-state index contributed by atoms with van der Waals surface area (Å²) in [6, 6.07) is 45.4. The third kappa shape index (κ3) is 8.80. The van der Waals surface area contributed by atoms with Gasteiger partial charge in [-0.2, -0.15) is 0 Å². The fraction of sp³-hybridized carbons (Fsp3) is 0.566. The summed E-state index contributed by atoms with van der Waals surface area (Å²) >= 11 is 0. The van der Waals surface area contributed by atoms with Gasteiger partial charge >= 0.3 is 11.9 Å². The summed E-state index contributed by atoms with van der Waals surface area (Å²) in [6.45, 7) is 7.04. The molecule has 0 aromatic heterocycles. The van der Waals surface area contributed by atoms with Crippen molar-refractivity contribution in [3.05, 3.63) is 179 Å². The van der Waals surface area contributed by atoms with Crippen molar-refractivity contribution in [1.82, 2.24) is 0 Å². The predicted molar refractivity (Wildman–Crippen MR) is 354 cm³/mol. The molecule has 0 saturated heterocycles. The van der Waals surface area contributed by atoms with Crippen LogP contribution in [-0.2, 0) is 37.3 Å². The molecule has 2 spiro atoms. The quantitative estimate of drug-likeness (QED) is 0.0611. The first-order valence-electron chi connectivity index (χ1n) is 35.7. The van der Waals surface area contributed by atoms with Crippen molar-refractivity contribution in [3.63, 3.8) is 0 Å². The normalized spacial score (nSPS) is 41.3. The molecule has 470 valence electrons. The highest BCUT2D eigenvalue weighted by Gasteiger charge is 2.83. The number of rotatable bonds is 13. The standard InChI is InChI=1S/C83H96O7/c1-53(17-15-22-54-18-7-4-8-19-54)45-63-32-30-58-29-28-56(46-55-20-9-5-10-21-55)47-66(58)76(86)90-69-51-77(2)43-44-81(63,87)83(82(77,88)42-34-57-48-71(85)89-52-57)70(84)37-39-78(3,75(69)83)62-36-41-79-40-35-60-50-80(61-24-11-6-12-25-61)38-14-13-27-67(80)65-33-31-59-23-16-26-64(68(79)49-62)72(59)73(65)74(60)79/h4-12,16,18-21,23-26,31,33,43-44,48,53,56,58,60,62-63,66-70,74-75,84,87-88H,13-15,17,22,27-29,34-42,45-47,49-52H2,1-3H3. The molecule has 16 rings (SSSR count). The van der Waals surface area contributed by atoms with E-state index in [4.69, 9.17) is 9.47 Å². The number of aryl methyl sites for hydroxylation is 1. The van der Waals surface area contributed by atoms with Gasteiger partial charge in [-0.05, 0) is 230 Å². The fourth-order valence-corrected chi connectivity index (χ4v) is 24.3. The van der Waals surface area contributed by atoms with Crippen molar-refractivity contribution < 1.29 is 34.4 Å². The molecule has 11 aliphatic rings. The van der Waals surface area contributed by atoms with Crippen LogP contribution < -0.4 is 0 Å². The van der Waals surface area contributed by atoms with Gasteiger partial charge < -0.3 is 24.8 Å². The van der Waals surface area contributed by atoms with E-state index in [1.54, 1.807) is 22.8 Å². The van der Waals surface area contributed by atoms with Crippen LogP contribution in [0.5, 0.6) is 0 Å². The first-order chi connectivity index (χ1) is 43.6. The minimum absolute atomic E-state index is 0.0785. The molecule has 6 fully saturated rings. The van der Waals surface area contributed by atoms with E-state index in [9.17, 15) is 9.90 Å². The largest absolute Gasteiger partial charge is 0.462 e. The Morgan fingerprint density at radius 2 is 1.49 bits per heavy atom. The van der Waals surface area contributed by atoms with Crippen LogP contribution in [0.4, 0.5) is 0 Å². The molecule has 7 heteroatoms. The zero-order valence-electron chi connectivity index (χ0n) is 53.7. The number of esters is 2. The third-order valence-corrected chi connectivity index (χ3v) is 28.1. The lowest BCUT2D eigenvalue weighted by Crippen LogP contribution is -2.84. The summed E-state index contributed by atoms with van der Waals surface area (Å²) in [5.74, 6) is 7.39. The Balaban J connectivity index is 0.845. The average Bonchev–Trinajstić information content (AvgIpc) is 0.687. The molecule has 3 N–H and O–H groups in total. The number of fused-ring (bicyclic) bond motifs is 5. The number of carbonyl (C=O) groups is 2. The van der Waals surface area contributed by atoms with Crippen LogP contribution in [0.1, 0.15) is 207 Å². The number of hydrogen-bond donors (Lipinski definition) is 3. The van der Waals surface area contributed by atoms with Crippen LogP contribution in [0, 0.1) is 80.8 Å². The first kappa shape index (κ1) is 59.2. The molecule has 20 atom stereocenters. The number of benzene rings is 5. The Morgan fingerprint density at radius 3 is 2.28 bits per heavy atom. The van der Waals surface area contributed by atoms with Gasteiger partial charge in [0.2, 0.25) is 0 Å². The highest BCUT2D eigenvalue weighted by atomic mass is 16.5. The van der Waals surface area contributed by atoms with E-state index in [2.05, 4.69) is 160 Å². The van der Waals surface area contributed by atoms with Gasteiger partial charge in [-0.1, -0.05) is 185 Å². The summed E-state index contributed by atoms with van der Waals surface area (Å²) in [5.41, 5.74) is 3.06. The maximum atomic E-state index is 16.1. The Labute approximate surface area is 535 Å². The van der Waals surface area contributed by atoms with E-state index in [-0.39, 0.29) is 65.4 Å². The van der Waals surface area contributed by atoms with Gasteiger partial charge in [-0.25, -0.2) is 4.79 Å². The maximum absolute atomic E-state index is 16.1. The van der Waals surface area contributed by atoms with Crippen molar-refractivity contribution in [2.24, 2.45) is 69.0 Å². The highest BCUT2D eigenvalue weighted by molar-refractivity contribution is 5.93. The van der Waals surface area contributed by atoms with Gasteiger partial charge in [0.25, 0.3) is 0 Å². The number of carbonyl (C=O) groups excluding carboxylic acids is 2. The van der Waals surface area contributed by atoms with Gasteiger partial charge in [-0.15, -0.1) is 0 Å². The second kappa shape index (κ2) is 22.2. The molecule has 5 aromatic rings. The molecule has 9 aliphatic carbocycles. The zero-order valence-corrected chi connectivity index (χ0v) is 53.7. The highest BCUT2D eigenvalue weighted by Crippen LogP contribution is 2.79. The lowest BCUT2D eigenvalue weighted by molar-refractivity contribution is -0.367. The Kier molecular flexibility index (Phi) is 14.6. The van der Waals surface area contributed by atoms with Crippen LogP contribution >= 0.6 is 0 Å². The predicted octanol–water partition coefficient (Wildman–Crippen LogP) is 16.6. The lowest BCUT2D eigenvalue weighted by atomic mass is 9.30. The van der Waals surface area contributed by atoms with Crippen molar-refractivity contribution in [1.29, 1.82) is 0 Å². The van der Waals surface area contributed by atoms with E-state index in [1.807, 2.05) is 6.08 Å². The van der Waals surface area contributed by atoms with Gasteiger partial charge in [0.1, 0.15) is 18.3 Å². The Hall–Kier alpha value is -5.78. The minimum Gasteiger partial charge on any atom is -0.462 e. The summed E-state index contributed by atoms with van der Waals surface area (Å²) in [6.07, 6.45) is 24.2. The molecule has 3 bridgehead atoms. The molecule has 2 heterocycles. The molecule has 7 nitrogen and oxygen atoms in total. The number of hydrogen-bond acceptors (Lipinski definition) is 7. The number of aliphatic hydroxyl groups excluding tert-OH is 1. The van der Waals surface area contributed by atoms with Gasteiger partial charge in [0.05, 0.1) is 29.0 Å². The van der Waals surface area contributed by atoms with Crippen LogP contribution in [-0.4, -0.2) is 57.3 Å². The molecule has 6 saturated carbocycles. The smallest absolute Gasteiger partial charge is 0.331 e. The molecule has 2 aliphatic heterocycles. The molecule has 5 aromatic carbocycles.